The van der Waals surface area contributed by atoms with E-state index in [1.165, 1.54) is 30.2 Å². The van der Waals surface area contributed by atoms with Gasteiger partial charge in [0, 0.05) is 6.04 Å². The minimum absolute atomic E-state index is 0.0298. The summed E-state index contributed by atoms with van der Waals surface area (Å²) in [5, 5.41) is 16.0. The third-order valence-electron chi connectivity index (χ3n) is 5.01. The molecule has 29 heavy (non-hydrogen) atoms. The first-order chi connectivity index (χ1) is 14.2. The number of amides is 1. The summed E-state index contributed by atoms with van der Waals surface area (Å²) in [5.41, 5.74) is 10.7. The van der Waals surface area contributed by atoms with E-state index in [0.29, 0.717) is 17.7 Å². The van der Waals surface area contributed by atoms with E-state index in [4.69, 9.17) is 4.74 Å². The second kappa shape index (κ2) is 8.30. The van der Waals surface area contributed by atoms with Crippen LogP contribution in [-0.2, 0) is 4.79 Å². The standard InChI is InChI=1S/C22H22N4O3/c1-29-21-11-14(9-10-20(21)27)13-23-26-22(28)19-12-18(24-25-19)17-8-4-6-15-5-2-3-7-16(15)17/h2-11,13,18-19,24-25,27H,12H2,1H3,(H,26,28)/b23-13+. The highest BCUT2D eigenvalue weighted by molar-refractivity contribution is 5.87. The average molecular weight is 390 g/mol. The molecule has 3 aromatic rings. The van der Waals surface area contributed by atoms with Crippen molar-refractivity contribution in [3.05, 3.63) is 71.8 Å². The lowest BCUT2D eigenvalue weighted by Crippen LogP contribution is -2.41. The Morgan fingerprint density at radius 3 is 2.86 bits per heavy atom. The summed E-state index contributed by atoms with van der Waals surface area (Å²) in [6.45, 7) is 0. The number of hydrogen-bond acceptors (Lipinski definition) is 6. The van der Waals surface area contributed by atoms with Crippen molar-refractivity contribution in [1.29, 1.82) is 0 Å². The number of fused-ring (bicyclic) bond motifs is 1. The van der Waals surface area contributed by atoms with Crippen molar-refractivity contribution < 1.29 is 14.6 Å². The number of phenols is 1. The average Bonchev–Trinajstić information content (AvgIpc) is 3.24. The van der Waals surface area contributed by atoms with Crippen LogP contribution in [0.4, 0.5) is 0 Å². The number of carbonyl (C=O) groups is 1. The molecule has 1 heterocycles. The van der Waals surface area contributed by atoms with Gasteiger partial charge in [-0.25, -0.2) is 16.3 Å². The fraction of sp³-hybridized carbons (Fsp3) is 0.182. The predicted molar refractivity (Wildman–Crippen MR) is 112 cm³/mol. The molecule has 1 amide bonds. The second-order valence-electron chi connectivity index (χ2n) is 6.86. The molecule has 1 saturated heterocycles. The van der Waals surface area contributed by atoms with Gasteiger partial charge in [-0.3, -0.25) is 4.79 Å². The quantitative estimate of drug-likeness (QED) is 0.397. The third kappa shape index (κ3) is 4.06. The molecule has 0 aliphatic carbocycles. The summed E-state index contributed by atoms with van der Waals surface area (Å²) in [4.78, 5) is 12.5. The zero-order chi connectivity index (χ0) is 20.2. The summed E-state index contributed by atoms with van der Waals surface area (Å²) >= 11 is 0. The molecular formula is C22H22N4O3. The van der Waals surface area contributed by atoms with Gasteiger partial charge in [0.2, 0.25) is 0 Å². The van der Waals surface area contributed by atoms with E-state index in [1.807, 2.05) is 18.2 Å². The van der Waals surface area contributed by atoms with Gasteiger partial charge in [-0.05, 0) is 46.5 Å². The molecule has 7 heteroatoms. The van der Waals surface area contributed by atoms with Crippen molar-refractivity contribution in [2.24, 2.45) is 5.10 Å². The lowest BCUT2D eigenvalue weighted by Gasteiger charge is -2.13. The van der Waals surface area contributed by atoms with Gasteiger partial charge in [0.05, 0.1) is 13.3 Å². The van der Waals surface area contributed by atoms with Crippen LogP contribution in [0.25, 0.3) is 10.8 Å². The van der Waals surface area contributed by atoms with Crippen molar-refractivity contribution in [3.63, 3.8) is 0 Å². The lowest BCUT2D eigenvalue weighted by atomic mass is 9.96. The molecule has 0 radical (unpaired) electrons. The third-order valence-corrected chi connectivity index (χ3v) is 5.01. The molecule has 2 atom stereocenters. The maximum atomic E-state index is 12.5. The fourth-order valence-electron chi connectivity index (χ4n) is 3.51. The number of ether oxygens (including phenoxy) is 1. The number of aromatic hydroxyl groups is 1. The maximum absolute atomic E-state index is 12.5. The summed E-state index contributed by atoms with van der Waals surface area (Å²) in [6, 6.07) is 18.9. The number of hydrogen-bond donors (Lipinski definition) is 4. The molecule has 0 bridgehead atoms. The Morgan fingerprint density at radius 1 is 1.17 bits per heavy atom. The zero-order valence-electron chi connectivity index (χ0n) is 15.9. The van der Waals surface area contributed by atoms with E-state index in [9.17, 15) is 9.90 Å². The van der Waals surface area contributed by atoms with E-state index in [2.05, 4.69) is 45.6 Å². The van der Waals surface area contributed by atoms with Gasteiger partial charge in [-0.2, -0.15) is 5.10 Å². The van der Waals surface area contributed by atoms with Crippen molar-refractivity contribution in [3.8, 4) is 11.5 Å². The normalized spacial score (nSPS) is 18.9. The first kappa shape index (κ1) is 18.9. The SMILES string of the molecule is COc1cc(/C=N/NC(=O)C2CC(c3cccc4ccccc34)NN2)ccc1O. The number of benzene rings is 3. The molecule has 0 saturated carbocycles. The number of phenolic OH excluding ortho intramolecular Hbond substituents is 1. The molecule has 3 aromatic carbocycles. The molecule has 1 fully saturated rings. The number of nitrogens with zero attached hydrogens (tertiary/aromatic N) is 1. The summed E-state index contributed by atoms with van der Waals surface area (Å²) in [7, 11) is 1.48. The van der Waals surface area contributed by atoms with Gasteiger partial charge in [0.1, 0.15) is 6.04 Å². The lowest BCUT2D eigenvalue weighted by molar-refractivity contribution is -0.122. The maximum Gasteiger partial charge on any atom is 0.258 e. The summed E-state index contributed by atoms with van der Waals surface area (Å²) < 4.78 is 5.06. The van der Waals surface area contributed by atoms with Crippen LogP contribution in [0.3, 0.4) is 0 Å². The molecule has 0 aromatic heterocycles. The topological polar surface area (TPSA) is 95.0 Å². The minimum atomic E-state index is -0.398. The Bertz CT molecular complexity index is 1060. The Kier molecular flexibility index (Phi) is 5.41. The second-order valence-corrected chi connectivity index (χ2v) is 6.86. The molecule has 4 N–H and O–H groups in total. The Labute approximate surface area is 168 Å². The molecule has 1 aliphatic heterocycles. The summed E-state index contributed by atoms with van der Waals surface area (Å²) in [6.07, 6.45) is 2.12. The molecule has 148 valence electrons. The van der Waals surface area contributed by atoms with Gasteiger partial charge in [-0.15, -0.1) is 0 Å². The number of hydrazine groups is 1. The Hall–Kier alpha value is -3.42. The van der Waals surface area contributed by atoms with Gasteiger partial charge < -0.3 is 9.84 Å². The fourth-order valence-corrected chi connectivity index (χ4v) is 3.51. The van der Waals surface area contributed by atoms with E-state index < -0.39 is 6.04 Å². The first-order valence-electron chi connectivity index (χ1n) is 9.34. The van der Waals surface area contributed by atoms with E-state index >= 15 is 0 Å². The van der Waals surface area contributed by atoms with Crippen molar-refractivity contribution in [2.45, 2.75) is 18.5 Å². The highest BCUT2D eigenvalue weighted by atomic mass is 16.5. The molecule has 7 nitrogen and oxygen atoms in total. The van der Waals surface area contributed by atoms with Gasteiger partial charge >= 0.3 is 0 Å². The van der Waals surface area contributed by atoms with Crippen LogP contribution in [0.15, 0.2) is 65.8 Å². The van der Waals surface area contributed by atoms with Crippen molar-refractivity contribution in [1.82, 2.24) is 16.3 Å². The number of hydrazone groups is 1. The van der Waals surface area contributed by atoms with Gasteiger partial charge in [-0.1, -0.05) is 42.5 Å². The van der Waals surface area contributed by atoms with Crippen LogP contribution >= 0.6 is 0 Å². The first-order valence-corrected chi connectivity index (χ1v) is 9.34. The van der Waals surface area contributed by atoms with Crippen LogP contribution in [-0.4, -0.2) is 30.4 Å². The number of nitrogens with one attached hydrogen (secondary N) is 3. The zero-order valence-corrected chi connectivity index (χ0v) is 15.9. The molecule has 4 rings (SSSR count). The summed E-state index contributed by atoms with van der Waals surface area (Å²) in [5.74, 6) is 0.177. The van der Waals surface area contributed by atoms with E-state index in [1.54, 1.807) is 12.1 Å². The highest BCUT2D eigenvalue weighted by Gasteiger charge is 2.30. The Morgan fingerprint density at radius 2 is 2.00 bits per heavy atom. The van der Waals surface area contributed by atoms with Gasteiger partial charge in [0.15, 0.2) is 11.5 Å². The molecular weight excluding hydrogens is 368 g/mol. The largest absolute Gasteiger partial charge is 0.504 e. The molecule has 2 unspecified atom stereocenters. The Balaban J connectivity index is 1.39. The monoisotopic (exact) mass is 390 g/mol. The molecule has 1 aliphatic rings. The smallest absolute Gasteiger partial charge is 0.258 e. The number of carbonyl (C=O) groups excluding carboxylic acids is 1. The highest BCUT2D eigenvalue weighted by Crippen LogP contribution is 2.29. The number of methoxy groups -OCH3 is 1. The predicted octanol–water partition coefficient (Wildman–Crippen LogP) is 2.61. The van der Waals surface area contributed by atoms with Crippen LogP contribution < -0.4 is 21.0 Å². The van der Waals surface area contributed by atoms with Crippen molar-refractivity contribution in [2.75, 3.05) is 7.11 Å². The van der Waals surface area contributed by atoms with Crippen LogP contribution in [0.5, 0.6) is 11.5 Å². The van der Waals surface area contributed by atoms with Crippen LogP contribution in [0.2, 0.25) is 0 Å². The van der Waals surface area contributed by atoms with Crippen LogP contribution in [0.1, 0.15) is 23.6 Å². The van der Waals surface area contributed by atoms with Crippen LogP contribution in [0, 0.1) is 0 Å². The number of rotatable bonds is 5. The van der Waals surface area contributed by atoms with E-state index in [-0.39, 0.29) is 17.7 Å². The van der Waals surface area contributed by atoms with Gasteiger partial charge in [0.25, 0.3) is 5.91 Å². The molecule has 0 spiro atoms. The van der Waals surface area contributed by atoms with E-state index in [0.717, 1.165) is 5.56 Å². The minimum Gasteiger partial charge on any atom is -0.504 e. The van der Waals surface area contributed by atoms with Crippen molar-refractivity contribution >= 4 is 22.9 Å².